The number of nitrogens with zero attached hydrogens (tertiary/aromatic N) is 4. The van der Waals surface area contributed by atoms with Gasteiger partial charge in [-0.3, -0.25) is 24.1 Å². The summed E-state index contributed by atoms with van der Waals surface area (Å²) in [6.45, 7) is 11.7. The van der Waals surface area contributed by atoms with Crippen molar-refractivity contribution in [3.05, 3.63) is 52.5 Å². The third kappa shape index (κ3) is 12.0. The van der Waals surface area contributed by atoms with Crippen LogP contribution in [0.4, 0.5) is 0 Å². The van der Waals surface area contributed by atoms with E-state index in [0.29, 0.717) is 25.8 Å². The number of aromatic nitrogens is 1. The highest BCUT2D eigenvalue weighted by atomic mass is 32.1. The quantitative estimate of drug-likeness (QED) is 0.159. The zero-order valence-electron chi connectivity index (χ0n) is 35.4. The Morgan fingerprint density at radius 2 is 1.66 bits per heavy atom. The number of likely N-dealkylation sites (tertiary alicyclic amines) is 1. The van der Waals surface area contributed by atoms with Crippen molar-refractivity contribution < 1.29 is 33.8 Å². The van der Waals surface area contributed by atoms with Crippen molar-refractivity contribution >= 4 is 35.0 Å². The maximum absolute atomic E-state index is 14.3. The lowest BCUT2D eigenvalue weighted by Crippen LogP contribution is -2.60. The lowest BCUT2D eigenvalue weighted by Gasteiger charge is -2.41. The maximum atomic E-state index is 14.3. The number of benzene rings is 1. The minimum Gasteiger partial charge on any atom is -0.396 e. The van der Waals surface area contributed by atoms with Crippen molar-refractivity contribution in [3.8, 4) is 0 Å². The first-order valence-electron chi connectivity index (χ1n) is 20.0. The molecule has 314 valence electrons. The Morgan fingerprint density at radius 3 is 2.20 bits per heavy atom. The van der Waals surface area contributed by atoms with Gasteiger partial charge in [-0.1, -0.05) is 78.3 Å². The Kier molecular flexibility index (Phi) is 18.9. The predicted molar refractivity (Wildman–Crippen MR) is 220 cm³/mol. The molecule has 3 N–H and O–H groups in total. The number of hydrogen-bond acceptors (Lipinski definition) is 10. The SMILES string of the molecule is CC[C@H](C)[C@@H]([C@@H](CC(=O)N1CCC[C@H]1[C@H](OC)[C@@H](C)C(=O)N[C@@H](Cc1ccccc1)c1nccs1)OC)N(C)C(=O)[C@@H](NC(=O)[C@H](C(C)C)N(C)C)C(C)CO. The molecule has 1 fully saturated rings. The number of amides is 4. The molecule has 2 heterocycles. The number of carbonyl (C=O) groups excluding carboxylic acids is 4. The van der Waals surface area contributed by atoms with Crippen LogP contribution in [0.3, 0.4) is 0 Å². The summed E-state index contributed by atoms with van der Waals surface area (Å²) in [5.74, 6) is -2.19. The largest absolute Gasteiger partial charge is 0.396 e. The highest BCUT2D eigenvalue weighted by molar-refractivity contribution is 7.09. The van der Waals surface area contributed by atoms with Gasteiger partial charge in [-0.2, -0.15) is 0 Å². The second-order valence-electron chi connectivity index (χ2n) is 16.0. The monoisotopic (exact) mass is 800 g/mol. The fourth-order valence-electron chi connectivity index (χ4n) is 8.21. The number of hydrogen-bond donors (Lipinski definition) is 3. The van der Waals surface area contributed by atoms with Gasteiger partial charge in [-0.25, -0.2) is 4.98 Å². The molecule has 1 aliphatic rings. The van der Waals surface area contributed by atoms with E-state index >= 15 is 0 Å². The van der Waals surface area contributed by atoms with Crippen LogP contribution < -0.4 is 10.6 Å². The second-order valence-corrected chi connectivity index (χ2v) is 16.9. The molecule has 0 radical (unpaired) electrons. The van der Waals surface area contributed by atoms with Gasteiger partial charge in [0.25, 0.3) is 0 Å². The normalized spacial score (nSPS) is 19.4. The Morgan fingerprint density at radius 1 is 0.982 bits per heavy atom. The average molecular weight is 801 g/mol. The van der Waals surface area contributed by atoms with Crippen LogP contribution >= 0.6 is 11.3 Å². The van der Waals surface area contributed by atoms with Crippen molar-refractivity contribution in [1.29, 1.82) is 0 Å². The first-order chi connectivity index (χ1) is 26.6. The summed E-state index contributed by atoms with van der Waals surface area (Å²) in [5.41, 5.74) is 1.08. The lowest BCUT2D eigenvalue weighted by atomic mass is 9.89. The zero-order valence-corrected chi connectivity index (χ0v) is 36.3. The minimum atomic E-state index is -0.987. The number of likely N-dealkylation sites (N-methyl/N-ethyl adjacent to an activating group) is 2. The summed E-state index contributed by atoms with van der Waals surface area (Å²) in [4.78, 5) is 65.7. The van der Waals surface area contributed by atoms with Gasteiger partial charge in [-0.05, 0) is 50.8 Å². The Bertz CT molecular complexity index is 1500. The molecule has 1 aromatic heterocycles. The van der Waals surface area contributed by atoms with Gasteiger partial charge in [0.15, 0.2) is 0 Å². The summed E-state index contributed by atoms with van der Waals surface area (Å²) < 4.78 is 12.1. The van der Waals surface area contributed by atoms with E-state index in [4.69, 9.17) is 9.47 Å². The molecule has 10 atom stereocenters. The summed E-state index contributed by atoms with van der Waals surface area (Å²) in [6, 6.07) is 7.35. The van der Waals surface area contributed by atoms with Gasteiger partial charge in [0, 0.05) is 51.9 Å². The van der Waals surface area contributed by atoms with Crippen molar-refractivity contribution in [2.45, 2.75) is 116 Å². The lowest BCUT2D eigenvalue weighted by molar-refractivity contribution is -0.148. The predicted octanol–water partition coefficient (Wildman–Crippen LogP) is 4.16. The van der Waals surface area contributed by atoms with Crippen LogP contribution in [-0.4, -0.2) is 133 Å². The summed E-state index contributed by atoms with van der Waals surface area (Å²) in [7, 11) is 8.46. The highest BCUT2D eigenvalue weighted by Gasteiger charge is 2.43. The van der Waals surface area contributed by atoms with E-state index < -0.39 is 42.2 Å². The molecule has 0 saturated carbocycles. The van der Waals surface area contributed by atoms with Crippen molar-refractivity contribution in [3.63, 3.8) is 0 Å². The fraction of sp³-hybridized carbons (Fsp3) is 0.690. The fourth-order valence-corrected chi connectivity index (χ4v) is 8.90. The number of ether oxygens (including phenoxy) is 2. The molecule has 1 unspecified atom stereocenters. The Hall–Kier alpha value is -3.43. The van der Waals surface area contributed by atoms with Crippen molar-refractivity contribution in [2.75, 3.05) is 48.5 Å². The minimum absolute atomic E-state index is 0.00245. The van der Waals surface area contributed by atoms with Crippen LogP contribution in [0.1, 0.15) is 83.8 Å². The van der Waals surface area contributed by atoms with Gasteiger partial charge in [0.1, 0.15) is 11.0 Å². The van der Waals surface area contributed by atoms with E-state index in [2.05, 4.69) is 15.6 Å². The number of thiazole rings is 1. The van der Waals surface area contributed by atoms with Gasteiger partial charge >= 0.3 is 0 Å². The number of carbonyl (C=O) groups is 4. The van der Waals surface area contributed by atoms with Crippen molar-refractivity contribution in [2.24, 2.45) is 23.7 Å². The van der Waals surface area contributed by atoms with Crippen LogP contribution in [-0.2, 0) is 35.1 Å². The smallest absolute Gasteiger partial charge is 0.245 e. The van der Waals surface area contributed by atoms with Gasteiger partial charge in [0.2, 0.25) is 23.6 Å². The maximum Gasteiger partial charge on any atom is 0.245 e. The van der Waals surface area contributed by atoms with Crippen LogP contribution in [0.5, 0.6) is 0 Å². The first-order valence-corrected chi connectivity index (χ1v) is 20.9. The summed E-state index contributed by atoms with van der Waals surface area (Å²) >= 11 is 1.50. The van der Waals surface area contributed by atoms with Gasteiger partial charge in [-0.15, -0.1) is 11.3 Å². The molecule has 0 aliphatic carbocycles. The molecule has 1 saturated heterocycles. The molecule has 1 aliphatic heterocycles. The third-order valence-electron chi connectivity index (χ3n) is 11.5. The summed E-state index contributed by atoms with van der Waals surface area (Å²) in [5, 5.41) is 19.0. The molecule has 0 spiro atoms. The molecular formula is C42H68N6O7S. The third-order valence-corrected chi connectivity index (χ3v) is 12.4. The molecule has 0 bridgehead atoms. The van der Waals surface area contributed by atoms with Gasteiger partial charge in [0.05, 0.1) is 48.7 Å². The first kappa shape index (κ1) is 46.9. The number of aliphatic hydroxyl groups excluding tert-OH is 1. The topological polar surface area (TPSA) is 154 Å². The number of aliphatic hydroxyl groups is 1. The van der Waals surface area contributed by atoms with Crippen LogP contribution in [0.15, 0.2) is 41.9 Å². The summed E-state index contributed by atoms with van der Waals surface area (Å²) in [6.07, 6.45) is 3.24. The van der Waals surface area contributed by atoms with Crippen molar-refractivity contribution in [1.82, 2.24) is 30.3 Å². The average Bonchev–Trinajstić information content (AvgIpc) is 3.90. The second kappa shape index (κ2) is 22.5. The molecule has 56 heavy (non-hydrogen) atoms. The van der Waals surface area contributed by atoms with Gasteiger partial charge < -0.3 is 35.0 Å². The van der Waals surface area contributed by atoms with E-state index in [-0.39, 0.29) is 60.6 Å². The molecule has 4 amide bonds. The van der Waals surface area contributed by atoms with Crippen LogP contribution in [0.25, 0.3) is 0 Å². The Labute approximate surface area is 338 Å². The van der Waals surface area contributed by atoms with Crippen LogP contribution in [0, 0.1) is 23.7 Å². The highest BCUT2D eigenvalue weighted by Crippen LogP contribution is 2.30. The number of nitrogens with one attached hydrogen (secondary N) is 2. The molecule has 1 aromatic carbocycles. The van der Waals surface area contributed by atoms with E-state index in [0.717, 1.165) is 17.0 Å². The molecule has 14 heteroatoms. The van der Waals surface area contributed by atoms with E-state index in [1.807, 2.05) is 94.2 Å². The zero-order chi connectivity index (χ0) is 41.7. The number of rotatable bonds is 22. The van der Waals surface area contributed by atoms with E-state index in [1.165, 1.54) is 11.3 Å². The van der Waals surface area contributed by atoms with E-state index in [1.54, 1.807) is 39.3 Å². The Balaban J connectivity index is 1.81. The molecular weight excluding hydrogens is 733 g/mol. The molecule has 3 rings (SSSR count). The number of methoxy groups -OCH3 is 2. The molecule has 13 nitrogen and oxygen atoms in total. The standard InChI is InChI=1S/C42H68N6O7S/c1-12-27(4)37(47(9)42(53)35(28(5)25-49)45-40(52)36(26(2)3)46(7)8)33(54-10)24-34(50)48-21-16-19-32(48)38(55-11)29(6)39(51)44-31(41-43-20-22-56-41)23-30-17-14-13-15-18-30/h13-15,17-18,20,22,26-29,31-33,35-38,49H,12,16,19,21,23-25H2,1-11H3,(H,44,51)(H,45,52)/t27-,28?,29+,31-,32-,33+,35-,36-,37-,38+/m0/s1. The van der Waals surface area contributed by atoms with E-state index in [9.17, 15) is 24.3 Å². The molecule has 2 aromatic rings. The van der Waals surface area contributed by atoms with Crippen LogP contribution in [0.2, 0.25) is 0 Å².